The summed E-state index contributed by atoms with van der Waals surface area (Å²) in [4.78, 5) is 0. The second-order valence-corrected chi connectivity index (χ2v) is 3.46. The van der Waals surface area contributed by atoms with E-state index in [2.05, 4.69) is 0 Å². The molecule has 2 nitrogen and oxygen atoms in total. The summed E-state index contributed by atoms with van der Waals surface area (Å²) in [6.45, 7) is 0. The molecule has 0 spiro atoms. The van der Waals surface area contributed by atoms with Crippen LogP contribution in [0.1, 0.15) is 11.1 Å². The monoisotopic (exact) mass is 238 g/mol. The first-order valence-corrected chi connectivity index (χ1v) is 4.49. The third-order valence-electron chi connectivity index (χ3n) is 2.69. The maximum Gasteiger partial charge on any atom is 0.0874 e. The topological polar surface area (TPSA) is 47.7 Å². The van der Waals surface area contributed by atoms with E-state index in [1.807, 2.05) is 36.4 Å². The molecule has 0 radical (unpaired) electrons. The van der Waals surface area contributed by atoms with Crippen LogP contribution in [0.25, 0.3) is 10.8 Å². The van der Waals surface area contributed by atoms with Gasteiger partial charge in [-0.1, -0.05) is 36.4 Å². The van der Waals surface area contributed by atoms with Gasteiger partial charge in [0, 0.05) is 33.0 Å². The van der Waals surface area contributed by atoms with Crippen LogP contribution in [0, 0.1) is 10.8 Å². The fourth-order valence-corrected chi connectivity index (χ4v) is 2.03. The predicted molar refractivity (Wildman–Crippen MR) is 57.6 cm³/mol. The third-order valence-corrected chi connectivity index (χ3v) is 2.69. The second-order valence-electron chi connectivity index (χ2n) is 3.46. The first kappa shape index (κ1) is 10.1. The molecule has 0 atom stereocenters. The van der Waals surface area contributed by atoms with E-state index in [0.29, 0.717) is 11.4 Å². The SMILES string of the molecule is N=C1C(=N)c2cccc3cccc1c23.[Ni]. The maximum absolute atomic E-state index is 7.80. The van der Waals surface area contributed by atoms with Crippen molar-refractivity contribution in [3.05, 3.63) is 47.5 Å². The molecule has 0 unspecified atom stereocenters. The zero-order valence-corrected chi connectivity index (χ0v) is 8.77. The van der Waals surface area contributed by atoms with E-state index >= 15 is 0 Å². The van der Waals surface area contributed by atoms with Gasteiger partial charge in [0.25, 0.3) is 0 Å². The Morgan fingerprint density at radius 2 is 1.20 bits per heavy atom. The number of rotatable bonds is 0. The number of hydrogen-bond acceptors (Lipinski definition) is 2. The Morgan fingerprint density at radius 3 is 1.67 bits per heavy atom. The molecule has 0 fully saturated rings. The summed E-state index contributed by atoms with van der Waals surface area (Å²) in [6.07, 6.45) is 0. The summed E-state index contributed by atoms with van der Waals surface area (Å²) in [6, 6.07) is 11.7. The van der Waals surface area contributed by atoms with Crippen molar-refractivity contribution in [2.75, 3.05) is 0 Å². The Labute approximate surface area is 97.3 Å². The van der Waals surface area contributed by atoms with Gasteiger partial charge in [-0.15, -0.1) is 0 Å². The molecule has 2 aromatic rings. The molecule has 3 rings (SSSR count). The van der Waals surface area contributed by atoms with Gasteiger partial charge < -0.3 is 0 Å². The first-order chi connectivity index (χ1) is 6.79. The van der Waals surface area contributed by atoms with E-state index in [9.17, 15) is 0 Å². The standard InChI is InChI=1S/C12H8N2.Ni/c13-11-8-5-1-3-7-4-2-6-9(10(7)8)12(11)14;/h1-6,13-14H;. The Balaban J connectivity index is 0.000000853. The van der Waals surface area contributed by atoms with Crippen LogP contribution in [0.4, 0.5) is 0 Å². The van der Waals surface area contributed by atoms with E-state index in [1.54, 1.807) is 0 Å². The van der Waals surface area contributed by atoms with Crippen molar-refractivity contribution >= 4 is 22.2 Å². The van der Waals surface area contributed by atoms with Gasteiger partial charge in [0.05, 0.1) is 11.4 Å². The van der Waals surface area contributed by atoms with Crippen LogP contribution < -0.4 is 0 Å². The molecule has 76 valence electrons. The van der Waals surface area contributed by atoms with Crippen molar-refractivity contribution in [1.82, 2.24) is 0 Å². The molecule has 0 amide bonds. The summed E-state index contributed by atoms with van der Waals surface area (Å²) < 4.78 is 0. The molecule has 0 heterocycles. The Hall–Kier alpha value is -1.47. The van der Waals surface area contributed by atoms with Gasteiger partial charge in [0.15, 0.2) is 0 Å². The smallest absolute Gasteiger partial charge is 0.0874 e. The van der Waals surface area contributed by atoms with Crippen molar-refractivity contribution in [3.63, 3.8) is 0 Å². The molecular formula is C12H8N2Ni. The average molecular weight is 239 g/mol. The number of nitrogens with one attached hydrogen (secondary N) is 2. The quantitative estimate of drug-likeness (QED) is 0.663. The van der Waals surface area contributed by atoms with Crippen molar-refractivity contribution in [2.45, 2.75) is 0 Å². The van der Waals surface area contributed by atoms with E-state index in [0.717, 1.165) is 21.9 Å². The van der Waals surface area contributed by atoms with E-state index < -0.39 is 0 Å². The summed E-state index contributed by atoms with van der Waals surface area (Å²) in [7, 11) is 0. The second kappa shape index (κ2) is 3.28. The molecule has 2 N–H and O–H groups in total. The van der Waals surface area contributed by atoms with Gasteiger partial charge in [0.1, 0.15) is 0 Å². The minimum atomic E-state index is 0. The molecule has 0 aliphatic heterocycles. The average Bonchev–Trinajstić information content (AvgIpc) is 2.47. The summed E-state index contributed by atoms with van der Waals surface area (Å²) in [5.74, 6) is 0. The minimum absolute atomic E-state index is 0. The normalized spacial score (nSPS) is 13.1. The van der Waals surface area contributed by atoms with Gasteiger partial charge in [-0.3, -0.25) is 10.8 Å². The molecule has 0 bridgehead atoms. The van der Waals surface area contributed by atoms with E-state index in [1.165, 1.54) is 0 Å². The zero-order valence-electron chi connectivity index (χ0n) is 7.78. The van der Waals surface area contributed by atoms with Crippen molar-refractivity contribution in [3.8, 4) is 0 Å². The van der Waals surface area contributed by atoms with Gasteiger partial charge in [-0.25, -0.2) is 0 Å². The van der Waals surface area contributed by atoms with Crippen LogP contribution in [0.15, 0.2) is 36.4 Å². The van der Waals surface area contributed by atoms with Gasteiger partial charge in [0.2, 0.25) is 0 Å². The van der Waals surface area contributed by atoms with Crippen LogP contribution in [0.5, 0.6) is 0 Å². The molecule has 1 aliphatic rings. The van der Waals surface area contributed by atoms with Crippen LogP contribution in [-0.2, 0) is 16.5 Å². The molecule has 0 aromatic heterocycles. The Morgan fingerprint density at radius 1 is 0.733 bits per heavy atom. The van der Waals surface area contributed by atoms with Gasteiger partial charge >= 0.3 is 0 Å². The molecule has 3 heteroatoms. The fourth-order valence-electron chi connectivity index (χ4n) is 2.03. The summed E-state index contributed by atoms with van der Waals surface area (Å²) in [5, 5.41) is 17.8. The van der Waals surface area contributed by atoms with E-state index in [-0.39, 0.29) is 16.5 Å². The van der Waals surface area contributed by atoms with Gasteiger partial charge in [-0.05, 0) is 5.39 Å². The third kappa shape index (κ3) is 1.17. The number of hydrogen-bond donors (Lipinski definition) is 2. The van der Waals surface area contributed by atoms with Crippen molar-refractivity contribution in [2.24, 2.45) is 0 Å². The first-order valence-electron chi connectivity index (χ1n) is 4.49. The van der Waals surface area contributed by atoms with Crippen LogP contribution in [0.2, 0.25) is 0 Å². The van der Waals surface area contributed by atoms with Crippen LogP contribution in [0.3, 0.4) is 0 Å². The zero-order chi connectivity index (χ0) is 9.71. The summed E-state index contributed by atoms with van der Waals surface area (Å²) in [5.41, 5.74) is 2.47. The number of benzene rings is 2. The Bertz CT molecular complexity index is 538. The van der Waals surface area contributed by atoms with E-state index in [4.69, 9.17) is 10.8 Å². The fraction of sp³-hybridized carbons (Fsp3) is 0. The van der Waals surface area contributed by atoms with Crippen molar-refractivity contribution < 1.29 is 16.5 Å². The molecule has 0 saturated heterocycles. The Kier molecular flexibility index (Phi) is 2.20. The molecular weight excluding hydrogens is 231 g/mol. The predicted octanol–water partition coefficient (Wildman–Crippen LogP) is 2.59. The molecule has 0 saturated carbocycles. The largest absolute Gasteiger partial charge is 0.298 e. The van der Waals surface area contributed by atoms with Crippen molar-refractivity contribution in [1.29, 1.82) is 10.8 Å². The molecule has 2 aromatic carbocycles. The van der Waals surface area contributed by atoms with Crippen LogP contribution in [-0.4, -0.2) is 11.4 Å². The van der Waals surface area contributed by atoms with Gasteiger partial charge in [-0.2, -0.15) is 0 Å². The minimum Gasteiger partial charge on any atom is -0.298 e. The van der Waals surface area contributed by atoms with Crippen LogP contribution >= 0.6 is 0 Å². The summed E-state index contributed by atoms with van der Waals surface area (Å²) >= 11 is 0. The molecule has 15 heavy (non-hydrogen) atoms. The molecule has 1 aliphatic carbocycles. The maximum atomic E-state index is 7.80.